The van der Waals surface area contributed by atoms with Crippen LogP contribution in [0.5, 0.6) is 11.5 Å². The highest BCUT2D eigenvalue weighted by Gasteiger charge is 2.37. The summed E-state index contributed by atoms with van der Waals surface area (Å²) < 4.78 is 11.2. The van der Waals surface area contributed by atoms with Crippen LogP contribution in [0, 0.1) is 12.3 Å². The molecule has 0 aromatic heterocycles. The fourth-order valence-electron chi connectivity index (χ4n) is 2.69. The molecule has 7 nitrogen and oxygen atoms in total. The molecule has 1 N–H and O–H groups in total. The zero-order valence-electron chi connectivity index (χ0n) is 15.6. The van der Waals surface area contributed by atoms with Gasteiger partial charge in [0.05, 0.1) is 12.8 Å². The minimum atomic E-state index is -0.848. The lowest BCUT2D eigenvalue weighted by atomic mass is 10.1. The van der Waals surface area contributed by atoms with Crippen molar-refractivity contribution in [3.05, 3.63) is 57.0 Å². The smallest absolute Gasteiger partial charge is 0.335 e. The van der Waals surface area contributed by atoms with Crippen molar-refractivity contribution >= 4 is 57.1 Å². The number of nitrogens with one attached hydrogen (secondary N) is 1. The normalized spacial score (nSPS) is 15.1. The molecule has 0 atom stereocenters. The van der Waals surface area contributed by atoms with Crippen LogP contribution in [0.3, 0.4) is 0 Å². The summed E-state index contributed by atoms with van der Waals surface area (Å²) >= 11 is 9.24. The number of methoxy groups -OCH3 is 1. The minimum absolute atomic E-state index is 0.0439. The number of amides is 4. The monoisotopic (exact) mass is 488 g/mol. The van der Waals surface area contributed by atoms with E-state index in [2.05, 4.69) is 27.2 Å². The number of hydrogen-bond acceptors (Lipinski definition) is 5. The van der Waals surface area contributed by atoms with Crippen molar-refractivity contribution in [2.24, 2.45) is 0 Å². The number of carbonyl (C=O) groups excluding carboxylic acids is 3. The summed E-state index contributed by atoms with van der Waals surface area (Å²) in [5, 5.41) is 2.61. The van der Waals surface area contributed by atoms with Crippen LogP contribution in [0.15, 0.2) is 46.4 Å². The lowest BCUT2D eigenvalue weighted by Gasteiger charge is -2.26. The van der Waals surface area contributed by atoms with Crippen LogP contribution in [0.2, 0.25) is 5.02 Å². The molecule has 0 unspecified atom stereocenters. The van der Waals surface area contributed by atoms with E-state index in [0.717, 1.165) is 4.90 Å². The first-order valence-corrected chi connectivity index (χ1v) is 9.63. The van der Waals surface area contributed by atoms with E-state index in [1.165, 1.54) is 37.5 Å². The Hall–Kier alpha value is -3.28. The highest BCUT2D eigenvalue weighted by Crippen LogP contribution is 2.35. The molecular weight excluding hydrogens is 476 g/mol. The number of ether oxygens (including phenoxy) is 2. The lowest BCUT2D eigenvalue weighted by molar-refractivity contribution is -0.122. The quantitative estimate of drug-likeness (QED) is 0.392. The zero-order valence-corrected chi connectivity index (χ0v) is 17.9. The van der Waals surface area contributed by atoms with E-state index >= 15 is 0 Å². The molecule has 0 aliphatic carbocycles. The average molecular weight is 490 g/mol. The Balaban J connectivity index is 2.02. The van der Waals surface area contributed by atoms with Crippen LogP contribution in [-0.4, -0.2) is 31.6 Å². The number of rotatable bonds is 5. The van der Waals surface area contributed by atoms with Crippen molar-refractivity contribution < 1.29 is 23.9 Å². The summed E-state index contributed by atoms with van der Waals surface area (Å²) in [6, 6.07) is 8.41. The Morgan fingerprint density at radius 1 is 1.20 bits per heavy atom. The maximum Gasteiger partial charge on any atom is 0.335 e. The van der Waals surface area contributed by atoms with E-state index in [9.17, 15) is 14.4 Å². The first-order chi connectivity index (χ1) is 14.3. The van der Waals surface area contributed by atoms with Gasteiger partial charge in [-0.25, -0.2) is 9.69 Å². The molecule has 1 aliphatic rings. The van der Waals surface area contributed by atoms with Crippen molar-refractivity contribution in [1.82, 2.24) is 5.32 Å². The Labute approximate surface area is 185 Å². The number of urea groups is 1. The van der Waals surface area contributed by atoms with Crippen LogP contribution in [0.25, 0.3) is 6.08 Å². The van der Waals surface area contributed by atoms with E-state index in [1.807, 2.05) is 0 Å². The van der Waals surface area contributed by atoms with Gasteiger partial charge < -0.3 is 9.47 Å². The van der Waals surface area contributed by atoms with Crippen LogP contribution in [-0.2, 0) is 9.59 Å². The number of benzene rings is 2. The van der Waals surface area contributed by atoms with E-state index in [0.29, 0.717) is 26.6 Å². The molecule has 0 radical (unpaired) electrons. The predicted octanol–water partition coefficient (Wildman–Crippen LogP) is 3.79. The molecular formula is C21H14BrClN2O5. The number of terminal acetylenes is 1. The molecule has 9 heteroatoms. The van der Waals surface area contributed by atoms with Gasteiger partial charge in [-0.15, -0.1) is 6.42 Å². The molecule has 2 aromatic carbocycles. The number of carbonyl (C=O) groups is 3. The average Bonchev–Trinajstić information content (AvgIpc) is 2.71. The van der Waals surface area contributed by atoms with Crippen LogP contribution >= 0.6 is 27.5 Å². The zero-order chi connectivity index (χ0) is 21.8. The maximum absolute atomic E-state index is 13.0. The second-order valence-electron chi connectivity index (χ2n) is 5.95. The van der Waals surface area contributed by atoms with E-state index in [4.69, 9.17) is 27.5 Å². The van der Waals surface area contributed by atoms with Crippen LogP contribution in [0.1, 0.15) is 5.56 Å². The molecule has 0 saturated carbocycles. The summed E-state index contributed by atoms with van der Waals surface area (Å²) in [4.78, 5) is 38.4. The fraction of sp³-hybridized carbons (Fsp3) is 0.0952. The molecule has 1 heterocycles. The van der Waals surface area contributed by atoms with Crippen molar-refractivity contribution in [3.8, 4) is 23.8 Å². The summed E-state index contributed by atoms with van der Waals surface area (Å²) in [6.07, 6.45) is 6.56. The third kappa shape index (κ3) is 4.32. The number of anilines is 1. The maximum atomic E-state index is 13.0. The van der Waals surface area contributed by atoms with Crippen molar-refractivity contribution in [2.45, 2.75) is 0 Å². The van der Waals surface area contributed by atoms with Crippen molar-refractivity contribution in [3.63, 3.8) is 0 Å². The van der Waals surface area contributed by atoms with Gasteiger partial charge in [-0.1, -0.05) is 33.5 Å². The van der Waals surface area contributed by atoms with Crippen LogP contribution in [0.4, 0.5) is 10.5 Å². The largest absolute Gasteiger partial charge is 0.493 e. The van der Waals surface area contributed by atoms with E-state index in [1.54, 1.807) is 12.1 Å². The van der Waals surface area contributed by atoms with Gasteiger partial charge in [0.25, 0.3) is 11.8 Å². The molecule has 2 aromatic rings. The molecule has 0 bridgehead atoms. The summed E-state index contributed by atoms with van der Waals surface area (Å²) in [7, 11) is 1.45. The Kier molecular flexibility index (Phi) is 6.45. The molecule has 1 saturated heterocycles. The second kappa shape index (κ2) is 9.03. The second-order valence-corrected chi connectivity index (χ2v) is 7.24. The third-order valence-electron chi connectivity index (χ3n) is 4.08. The Morgan fingerprint density at radius 2 is 1.90 bits per heavy atom. The minimum Gasteiger partial charge on any atom is -0.493 e. The van der Waals surface area contributed by atoms with E-state index in [-0.39, 0.29) is 17.9 Å². The number of imide groups is 2. The molecule has 0 spiro atoms. The van der Waals surface area contributed by atoms with Gasteiger partial charge in [0.2, 0.25) is 0 Å². The third-order valence-corrected chi connectivity index (χ3v) is 5.02. The number of nitrogens with zero attached hydrogens (tertiary/aromatic N) is 1. The van der Waals surface area contributed by atoms with Crippen LogP contribution < -0.4 is 19.7 Å². The predicted molar refractivity (Wildman–Crippen MR) is 115 cm³/mol. The first-order valence-electron chi connectivity index (χ1n) is 8.46. The molecule has 152 valence electrons. The van der Waals surface area contributed by atoms with E-state index < -0.39 is 17.8 Å². The molecule has 3 rings (SSSR count). The van der Waals surface area contributed by atoms with Gasteiger partial charge in [0.15, 0.2) is 11.5 Å². The Morgan fingerprint density at radius 3 is 2.53 bits per heavy atom. The molecule has 4 amide bonds. The van der Waals surface area contributed by atoms with Gasteiger partial charge >= 0.3 is 6.03 Å². The van der Waals surface area contributed by atoms with Gasteiger partial charge in [-0.05, 0) is 48.0 Å². The van der Waals surface area contributed by atoms with Gasteiger partial charge in [0.1, 0.15) is 12.2 Å². The van der Waals surface area contributed by atoms with Crippen molar-refractivity contribution in [2.75, 3.05) is 18.6 Å². The van der Waals surface area contributed by atoms with Gasteiger partial charge in [-0.2, -0.15) is 0 Å². The molecule has 1 fully saturated rings. The summed E-state index contributed by atoms with van der Waals surface area (Å²) in [5.74, 6) is 1.52. The molecule has 30 heavy (non-hydrogen) atoms. The highest BCUT2D eigenvalue weighted by atomic mass is 79.9. The topological polar surface area (TPSA) is 84.9 Å². The standard InChI is InChI=1S/C21H14BrClN2O5/c1-3-8-30-18-11-16(22)12(10-17(18)29-2)9-15-19(26)24-21(28)25(20(15)27)14-6-4-13(23)5-7-14/h1,4-7,9-11H,8H2,2H3,(H,24,26,28)/b15-9-. The highest BCUT2D eigenvalue weighted by molar-refractivity contribution is 9.10. The SMILES string of the molecule is C#CCOc1cc(Br)c(/C=C2/C(=O)NC(=O)N(c3ccc(Cl)cc3)C2=O)cc1OC. The number of halogens is 2. The number of barbiturate groups is 1. The Bertz CT molecular complexity index is 1110. The number of hydrogen-bond donors (Lipinski definition) is 1. The fourth-order valence-corrected chi connectivity index (χ4v) is 3.25. The first kappa shape index (κ1) is 21.4. The van der Waals surface area contributed by atoms with Gasteiger partial charge in [0, 0.05) is 9.50 Å². The summed E-state index contributed by atoms with van der Waals surface area (Å²) in [5.41, 5.74) is 0.503. The summed E-state index contributed by atoms with van der Waals surface area (Å²) in [6.45, 7) is 0.0439. The molecule has 1 aliphatic heterocycles. The van der Waals surface area contributed by atoms with Gasteiger partial charge in [-0.3, -0.25) is 14.9 Å². The van der Waals surface area contributed by atoms with Crippen molar-refractivity contribution in [1.29, 1.82) is 0 Å². The lowest BCUT2D eigenvalue weighted by Crippen LogP contribution is -2.54.